The van der Waals surface area contributed by atoms with E-state index in [1.807, 2.05) is 66.9 Å². The number of hydrogen-bond donors (Lipinski definition) is 0. The van der Waals surface area contributed by atoms with E-state index in [2.05, 4.69) is 17.0 Å². The Balaban J connectivity index is 1.39. The van der Waals surface area contributed by atoms with Crippen molar-refractivity contribution in [2.24, 2.45) is 0 Å². The first-order chi connectivity index (χ1) is 19.6. The normalized spacial score (nSPS) is 12.1. The number of ether oxygens (including phenoxy) is 1. The van der Waals surface area contributed by atoms with E-state index in [-0.39, 0.29) is 11.4 Å². The molecule has 6 aromatic rings. The van der Waals surface area contributed by atoms with Crippen LogP contribution in [0.2, 0.25) is 0 Å². The Morgan fingerprint density at radius 3 is 2.58 bits per heavy atom. The number of nitrogens with zero attached hydrogens (tertiary/aromatic N) is 5. The van der Waals surface area contributed by atoms with Gasteiger partial charge in [0.2, 0.25) is 4.96 Å². The number of benzene rings is 3. The fourth-order valence-corrected chi connectivity index (χ4v) is 5.09. The second-order valence-corrected chi connectivity index (χ2v) is 10.1. The maximum atomic E-state index is 13.3. The van der Waals surface area contributed by atoms with Gasteiger partial charge in [-0.05, 0) is 60.5 Å². The summed E-state index contributed by atoms with van der Waals surface area (Å²) in [6.45, 7) is 2.69. The number of fused-ring (bicyclic) bond motifs is 1. The summed E-state index contributed by atoms with van der Waals surface area (Å²) in [6, 6.07) is 23.7. The zero-order valence-electron chi connectivity index (χ0n) is 21.6. The zero-order chi connectivity index (χ0) is 27.5. The molecular weight excluding hydrogens is 525 g/mol. The fourth-order valence-electron chi connectivity index (χ4n) is 4.19. The summed E-state index contributed by atoms with van der Waals surface area (Å²) < 4.78 is 22.6. The van der Waals surface area contributed by atoms with Gasteiger partial charge in [-0.3, -0.25) is 4.79 Å². The summed E-state index contributed by atoms with van der Waals surface area (Å²) in [7, 11) is 0. The number of rotatable bonds is 8. The molecule has 0 aliphatic rings. The summed E-state index contributed by atoms with van der Waals surface area (Å²) >= 11 is 1.26. The van der Waals surface area contributed by atoms with E-state index in [0.717, 1.165) is 40.2 Å². The lowest BCUT2D eigenvalue weighted by molar-refractivity contribution is 0.317. The van der Waals surface area contributed by atoms with E-state index in [4.69, 9.17) is 9.84 Å². The molecule has 0 aliphatic heterocycles. The smallest absolute Gasteiger partial charge is 0.291 e. The Morgan fingerprint density at radius 2 is 1.80 bits per heavy atom. The molecule has 7 nitrogen and oxygen atoms in total. The predicted octanol–water partition coefficient (Wildman–Crippen LogP) is 5.65. The molecule has 0 spiro atoms. The molecule has 0 amide bonds. The van der Waals surface area contributed by atoms with E-state index in [9.17, 15) is 9.18 Å². The Hall–Kier alpha value is -4.89. The van der Waals surface area contributed by atoms with Crippen LogP contribution in [0, 0.1) is 5.82 Å². The first-order valence-electron chi connectivity index (χ1n) is 12.8. The van der Waals surface area contributed by atoms with E-state index >= 15 is 0 Å². The molecule has 0 saturated carbocycles. The minimum atomic E-state index is -0.299. The van der Waals surface area contributed by atoms with E-state index in [0.29, 0.717) is 21.9 Å². The Kier molecular flexibility index (Phi) is 7.03. The highest BCUT2D eigenvalue weighted by Crippen LogP contribution is 2.27. The van der Waals surface area contributed by atoms with Crippen molar-refractivity contribution in [3.8, 4) is 22.7 Å². The van der Waals surface area contributed by atoms with Crippen LogP contribution in [0.4, 0.5) is 4.39 Å². The standard InChI is InChI=1S/C31H24FN5O2S/c1-2-17-39-26-10-6-7-22(18-26)29-23(20-36(35-29)25-8-4-3-5-9-25)19-27-30(38)37-31(40-27)33-28(34-37)16-13-21-11-14-24(32)15-12-21/h3-16,18-20H,2,17H2,1H3/b16-13+,27-19-. The van der Waals surface area contributed by atoms with Gasteiger partial charge in [0, 0.05) is 17.3 Å². The molecule has 6 rings (SSSR count). The van der Waals surface area contributed by atoms with Gasteiger partial charge in [-0.2, -0.15) is 14.6 Å². The second-order valence-electron chi connectivity index (χ2n) is 9.05. The fraction of sp³-hybridized carbons (Fsp3) is 0.0968. The van der Waals surface area contributed by atoms with Crippen LogP contribution in [-0.2, 0) is 0 Å². The van der Waals surface area contributed by atoms with E-state index < -0.39 is 0 Å². The lowest BCUT2D eigenvalue weighted by Crippen LogP contribution is -2.23. The lowest BCUT2D eigenvalue weighted by Gasteiger charge is -2.06. The van der Waals surface area contributed by atoms with Gasteiger partial charge in [0.15, 0.2) is 5.82 Å². The summed E-state index contributed by atoms with van der Waals surface area (Å²) in [5, 5.41) is 9.24. The van der Waals surface area contributed by atoms with Crippen molar-refractivity contribution >= 4 is 34.5 Å². The van der Waals surface area contributed by atoms with Crippen LogP contribution in [0.3, 0.4) is 0 Å². The molecule has 3 heterocycles. The average molecular weight is 550 g/mol. The van der Waals surface area contributed by atoms with Crippen molar-refractivity contribution in [1.29, 1.82) is 0 Å². The van der Waals surface area contributed by atoms with Gasteiger partial charge in [0.1, 0.15) is 17.3 Å². The Morgan fingerprint density at radius 1 is 0.975 bits per heavy atom. The van der Waals surface area contributed by atoms with Gasteiger partial charge in [0.25, 0.3) is 5.56 Å². The average Bonchev–Trinajstić information content (AvgIpc) is 3.67. The highest BCUT2D eigenvalue weighted by molar-refractivity contribution is 7.15. The SMILES string of the molecule is CCCOc1cccc(-c2nn(-c3ccccc3)cc2/C=c2\sc3nc(/C=C/c4ccc(F)cc4)nn3c2=O)c1. The molecule has 3 aromatic heterocycles. The van der Waals surface area contributed by atoms with Crippen molar-refractivity contribution in [3.63, 3.8) is 0 Å². The maximum absolute atomic E-state index is 13.3. The number of hydrogen-bond acceptors (Lipinski definition) is 6. The minimum Gasteiger partial charge on any atom is -0.494 e. The topological polar surface area (TPSA) is 74.3 Å². The van der Waals surface area contributed by atoms with Gasteiger partial charge in [0.05, 0.1) is 16.8 Å². The molecule has 198 valence electrons. The van der Waals surface area contributed by atoms with Crippen molar-refractivity contribution in [3.05, 3.63) is 123 Å². The van der Waals surface area contributed by atoms with Crippen molar-refractivity contribution in [2.75, 3.05) is 6.61 Å². The molecule has 9 heteroatoms. The monoisotopic (exact) mass is 549 g/mol. The van der Waals surface area contributed by atoms with E-state index in [1.165, 1.54) is 28.0 Å². The third-order valence-electron chi connectivity index (χ3n) is 6.12. The second kappa shape index (κ2) is 11.1. The highest BCUT2D eigenvalue weighted by atomic mass is 32.1. The Bertz CT molecular complexity index is 1920. The van der Waals surface area contributed by atoms with Gasteiger partial charge in [-0.15, -0.1) is 5.10 Å². The number of halogens is 1. The first-order valence-corrected chi connectivity index (χ1v) is 13.6. The lowest BCUT2D eigenvalue weighted by atomic mass is 10.1. The number of aromatic nitrogens is 5. The number of thiazole rings is 1. The maximum Gasteiger partial charge on any atom is 0.291 e. The third kappa shape index (κ3) is 5.32. The van der Waals surface area contributed by atoms with Crippen molar-refractivity contribution < 1.29 is 9.13 Å². The van der Waals surface area contributed by atoms with Gasteiger partial charge < -0.3 is 4.74 Å². The predicted molar refractivity (Wildman–Crippen MR) is 156 cm³/mol. The number of para-hydroxylation sites is 1. The van der Waals surface area contributed by atoms with Gasteiger partial charge in [-0.25, -0.2) is 9.07 Å². The molecule has 0 saturated heterocycles. The van der Waals surface area contributed by atoms with Crippen LogP contribution < -0.4 is 14.8 Å². The van der Waals surface area contributed by atoms with Gasteiger partial charge in [-0.1, -0.05) is 66.8 Å². The molecular formula is C31H24FN5O2S. The Labute approximate surface area is 233 Å². The van der Waals surface area contributed by atoms with Crippen molar-refractivity contribution in [2.45, 2.75) is 13.3 Å². The van der Waals surface area contributed by atoms with Crippen LogP contribution >= 0.6 is 11.3 Å². The molecule has 0 bridgehead atoms. The van der Waals surface area contributed by atoms with Crippen molar-refractivity contribution in [1.82, 2.24) is 24.4 Å². The van der Waals surface area contributed by atoms with Crippen LogP contribution in [-0.4, -0.2) is 31.0 Å². The minimum absolute atomic E-state index is 0.257. The molecule has 0 N–H and O–H groups in total. The van der Waals surface area contributed by atoms with Crippen LogP contribution in [0.25, 0.3) is 40.1 Å². The largest absolute Gasteiger partial charge is 0.494 e. The summed E-state index contributed by atoms with van der Waals surface area (Å²) in [5.41, 5.74) is 3.86. The van der Waals surface area contributed by atoms with Crippen LogP contribution in [0.5, 0.6) is 5.75 Å². The van der Waals surface area contributed by atoms with E-state index in [1.54, 1.807) is 29.0 Å². The molecule has 0 atom stereocenters. The summed E-state index contributed by atoms with van der Waals surface area (Å²) in [5.74, 6) is 0.873. The molecule has 3 aromatic carbocycles. The molecule has 0 aliphatic carbocycles. The molecule has 0 unspecified atom stereocenters. The molecule has 40 heavy (non-hydrogen) atoms. The van der Waals surface area contributed by atoms with Crippen LogP contribution in [0.1, 0.15) is 30.3 Å². The summed E-state index contributed by atoms with van der Waals surface area (Å²) in [4.78, 5) is 18.3. The third-order valence-corrected chi connectivity index (χ3v) is 7.08. The van der Waals surface area contributed by atoms with Crippen LogP contribution in [0.15, 0.2) is 89.9 Å². The first kappa shape index (κ1) is 25.4. The summed E-state index contributed by atoms with van der Waals surface area (Å²) in [6.07, 6.45) is 8.13. The quantitative estimate of drug-likeness (QED) is 0.245. The zero-order valence-corrected chi connectivity index (χ0v) is 22.4. The van der Waals surface area contributed by atoms with Gasteiger partial charge >= 0.3 is 0 Å². The molecule has 0 radical (unpaired) electrons. The highest BCUT2D eigenvalue weighted by Gasteiger charge is 2.14. The molecule has 0 fully saturated rings.